The van der Waals surface area contributed by atoms with Crippen molar-refractivity contribution in [3.05, 3.63) is 101 Å². The molecule has 1 amide bonds. The van der Waals surface area contributed by atoms with E-state index in [0.29, 0.717) is 23.6 Å². The van der Waals surface area contributed by atoms with Gasteiger partial charge in [-0.15, -0.1) is 0 Å². The summed E-state index contributed by atoms with van der Waals surface area (Å²) in [6.07, 6.45) is 0.982. The highest BCUT2D eigenvalue weighted by Crippen LogP contribution is 2.42. The van der Waals surface area contributed by atoms with Crippen molar-refractivity contribution in [2.45, 2.75) is 25.3 Å². The number of piperidine rings is 1. The van der Waals surface area contributed by atoms with E-state index in [0.717, 1.165) is 52.9 Å². The molecule has 214 valence electrons. The maximum absolute atomic E-state index is 13.1. The van der Waals surface area contributed by atoms with Crippen LogP contribution in [0.1, 0.15) is 46.3 Å². The lowest BCUT2D eigenvalue weighted by molar-refractivity contribution is 0.0976. The molecular formula is C34H35N5O3. The monoisotopic (exact) mass is 561 g/mol. The second kappa shape index (κ2) is 11.7. The zero-order valence-corrected chi connectivity index (χ0v) is 24.1. The number of likely N-dealkylation sites (N-methyl/N-ethyl adjacent to an activating group) is 1. The number of carbonyl (C=O) groups is 1. The van der Waals surface area contributed by atoms with Crippen LogP contribution >= 0.6 is 0 Å². The van der Waals surface area contributed by atoms with E-state index in [9.17, 15) is 4.79 Å². The molecule has 0 bridgehead atoms. The highest BCUT2D eigenvalue weighted by atomic mass is 16.5. The Bertz CT molecular complexity index is 1690. The van der Waals surface area contributed by atoms with Crippen LogP contribution in [0, 0.1) is 0 Å². The lowest BCUT2D eigenvalue weighted by Crippen LogP contribution is -2.41. The molecule has 2 aliphatic heterocycles. The molecule has 0 aromatic heterocycles. The smallest absolute Gasteiger partial charge is 0.257 e. The number of hydrogen-bond donors (Lipinski definition) is 2. The van der Waals surface area contributed by atoms with Crippen LogP contribution in [-0.2, 0) is 0 Å². The highest BCUT2D eigenvalue weighted by molar-refractivity contribution is 6.15. The summed E-state index contributed by atoms with van der Waals surface area (Å²) in [6, 6.07) is 25.5. The van der Waals surface area contributed by atoms with Crippen molar-refractivity contribution in [1.82, 2.24) is 10.2 Å². The van der Waals surface area contributed by atoms with Gasteiger partial charge in [0.05, 0.1) is 31.2 Å². The molecule has 4 aromatic rings. The standard InChI is InChI=1S/C34H35N5O3/c1-4-42-31-18-25-26(19-30(31)41-3)32(36-29-16-17-39(2)20-27(25)29)22-12-14-23(15-13-22)33(40)38-34(35)37-28-11-7-9-21-8-5-6-10-24(21)28/h5-15,18-19,27,29H,4,16-17,20H2,1-3H3,(H3,35,37,38,40). The summed E-state index contributed by atoms with van der Waals surface area (Å²) < 4.78 is 11.6. The molecule has 4 aromatic carbocycles. The van der Waals surface area contributed by atoms with E-state index in [2.05, 4.69) is 28.3 Å². The molecule has 42 heavy (non-hydrogen) atoms. The van der Waals surface area contributed by atoms with Gasteiger partial charge in [0.2, 0.25) is 5.96 Å². The van der Waals surface area contributed by atoms with Crippen molar-refractivity contribution >= 4 is 34.0 Å². The highest BCUT2D eigenvalue weighted by Gasteiger charge is 2.36. The molecule has 0 radical (unpaired) electrons. The first-order valence-electron chi connectivity index (χ1n) is 14.3. The Morgan fingerprint density at radius 3 is 2.64 bits per heavy atom. The minimum atomic E-state index is -0.326. The van der Waals surface area contributed by atoms with Crippen molar-refractivity contribution in [3.8, 4) is 11.5 Å². The lowest BCUT2D eigenvalue weighted by atomic mass is 9.79. The number of guanidine groups is 1. The lowest BCUT2D eigenvalue weighted by Gasteiger charge is -2.39. The van der Waals surface area contributed by atoms with Crippen molar-refractivity contribution < 1.29 is 14.3 Å². The molecule has 2 atom stereocenters. The second-order valence-electron chi connectivity index (χ2n) is 10.8. The maximum Gasteiger partial charge on any atom is 0.257 e. The molecule has 8 heteroatoms. The van der Waals surface area contributed by atoms with Gasteiger partial charge in [0.25, 0.3) is 5.91 Å². The van der Waals surface area contributed by atoms with E-state index in [1.54, 1.807) is 19.2 Å². The first-order chi connectivity index (χ1) is 20.4. The van der Waals surface area contributed by atoms with Crippen LogP contribution in [0.2, 0.25) is 0 Å². The predicted octanol–water partition coefficient (Wildman–Crippen LogP) is 5.26. The van der Waals surface area contributed by atoms with Crippen LogP contribution in [-0.4, -0.2) is 62.4 Å². The summed E-state index contributed by atoms with van der Waals surface area (Å²) in [5.74, 6) is 1.43. The Labute approximate surface area is 245 Å². The molecule has 1 fully saturated rings. The quantitative estimate of drug-likeness (QED) is 0.247. The van der Waals surface area contributed by atoms with Crippen LogP contribution in [0.4, 0.5) is 5.69 Å². The van der Waals surface area contributed by atoms with Crippen molar-refractivity contribution in [3.63, 3.8) is 0 Å². The summed E-state index contributed by atoms with van der Waals surface area (Å²) in [5.41, 5.74) is 11.4. The molecule has 2 aliphatic rings. The molecule has 0 aliphatic carbocycles. The van der Waals surface area contributed by atoms with E-state index in [4.69, 9.17) is 20.2 Å². The van der Waals surface area contributed by atoms with E-state index >= 15 is 0 Å². The van der Waals surface area contributed by atoms with Gasteiger partial charge in [0, 0.05) is 34.5 Å². The number of aliphatic imine (C=N–C) groups is 2. The number of ether oxygens (including phenoxy) is 2. The number of amides is 1. The molecular weight excluding hydrogens is 526 g/mol. The summed E-state index contributed by atoms with van der Waals surface area (Å²) >= 11 is 0. The SMILES string of the molecule is CCOc1cc2c(cc1OC)C(c1ccc(C(=O)NC(N)=Nc3cccc4ccccc34)cc1)=NC1CCN(C)CC21. The fraction of sp³-hybridized carbons (Fsp3) is 0.265. The van der Waals surface area contributed by atoms with Crippen LogP contribution in [0.5, 0.6) is 11.5 Å². The number of fused-ring (bicyclic) bond motifs is 4. The molecule has 0 saturated carbocycles. The maximum atomic E-state index is 13.1. The zero-order valence-electron chi connectivity index (χ0n) is 24.1. The molecule has 8 nitrogen and oxygen atoms in total. The van der Waals surface area contributed by atoms with Gasteiger partial charge in [0.1, 0.15) is 0 Å². The molecule has 3 N–H and O–H groups in total. The number of benzene rings is 4. The average molecular weight is 562 g/mol. The molecule has 2 heterocycles. The number of carbonyl (C=O) groups excluding carboxylic acids is 1. The third-order valence-corrected chi connectivity index (χ3v) is 8.03. The van der Waals surface area contributed by atoms with Gasteiger partial charge in [-0.25, -0.2) is 4.99 Å². The van der Waals surface area contributed by atoms with E-state index < -0.39 is 0 Å². The first-order valence-corrected chi connectivity index (χ1v) is 14.3. The Morgan fingerprint density at radius 2 is 1.86 bits per heavy atom. The van der Waals surface area contributed by atoms with Gasteiger partial charge in [0.15, 0.2) is 11.5 Å². The van der Waals surface area contributed by atoms with E-state index in [1.165, 1.54) is 5.56 Å². The van der Waals surface area contributed by atoms with Gasteiger partial charge in [-0.05, 0) is 68.2 Å². The number of nitrogens with one attached hydrogen (secondary N) is 1. The van der Waals surface area contributed by atoms with Gasteiger partial charge >= 0.3 is 0 Å². The molecule has 2 unspecified atom stereocenters. The normalized spacial score (nSPS) is 18.5. The Morgan fingerprint density at radius 1 is 1.07 bits per heavy atom. The second-order valence-corrected chi connectivity index (χ2v) is 10.8. The van der Waals surface area contributed by atoms with Crippen LogP contribution in [0.25, 0.3) is 10.8 Å². The predicted molar refractivity (Wildman–Crippen MR) is 168 cm³/mol. The van der Waals surface area contributed by atoms with Crippen molar-refractivity contribution in [2.75, 3.05) is 33.9 Å². The topological polar surface area (TPSA) is 102 Å². The fourth-order valence-corrected chi connectivity index (χ4v) is 5.97. The average Bonchev–Trinajstić information content (AvgIpc) is 3.01. The summed E-state index contributed by atoms with van der Waals surface area (Å²) in [5, 5.41) is 4.74. The fourth-order valence-electron chi connectivity index (χ4n) is 5.97. The summed E-state index contributed by atoms with van der Waals surface area (Å²) in [4.78, 5) is 25.1. The molecule has 0 spiro atoms. The number of rotatable bonds is 6. The van der Waals surface area contributed by atoms with Crippen molar-refractivity contribution in [2.24, 2.45) is 15.7 Å². The van der Waals surface area contributed by atoms with E-state index in [1.807, 2.05) is 67.6 Å². The number of nitrogens with two attached hydrogens (primary N) is 1. The first kappa shape index (κ1) is 27.5. The Hall–Kier alpha value is -4.69. The third-order valence-electron chi connectivity index (χ3n) is 8.03. The number of hydrogen-bond acceptors (Lipinski definition) is 6. The third kappa shape index (κ3) is 5.33. The van der Waals surface area contributed by atoms with Gasteiger partial charge in [-0.1, -0.05) is 48.5 Å². The molecule has 1 saturated heterocycles. The van der Waals surface area contributed by atoms with Gasteiger partial charge in [-0.3, -0.25) is 15.1 Å². The van der Waals surface area contributed by atoms with Crippen LogP contribution in [0.3, 0.4) is 0 Å². The zero-order chi connectivity index (χ0) is 29.2. The number of nitrogens with zero attached hydrogens (tertiary/aromatic N) is 3. The number of likely N-dealkylation sites (tertiary alicyclic amines) is 1. The van der Waals surface area contributed by atoms with Gasteiger partial charge in [-0.2, -0.15) is 0 Å². The summed E-state index contributed by atoms with van der Waals surface area (Å²) in [6.45, 7) is 4.48. The minimum absolute atomic E-state index is 0.0384. The van der Waals surface area contributed by atoms with Crippen LogP contribution < -0.4 is 20.5 Å². The largest absolute Gasteiger partial charge is 0.493 e. The van der Waals surface area contributed by atoms with Crippen molar-refractivity contribution in [1.29, 1.82) is 0 Å². The summed E-state index contributed by atoms with van der Waals surface area (Å²) in [7, 11) is 3.81. The van der Waals surface area contributed by atoms with E-state index in [-0.39, 0.29) is 23.8 Å². The Balaban J connectivity index is 1.27. The minimum Gasteiger partial charge on any atom is -0.493 e. The number of methoxy groups -OCH3 is 1. The molecule has 6 rings (SSSR count). The Kier molecular flexibility index (Phi) is 7.63. The van der Waals surface area contributed by atoms with Gasteiger partial charge < -0.3 is 20.1 Å². The van der Waals surface area contributed by atoms with Crippen LogP contribution in [0.15, 0.2) is 88.8 Å².